The zero-order valence-corrected chi connectivity index (χ0v) is 9.11. The van der Waals surface area contributed by atoms with Crippen LogP contribution in [-0.4, -0.2) is 18.4 Å². The first-order valence-electron chi connectivity index (χ1n) is 4.35. The molecule has 0 spiro atoms. The Hall–Kier alpha value is -1.42. The fraction of sp³-hybridized carbons (Fsp3) is 0.200. The van der Waals surface area contributed by atoms with E-state index in [2.05, 4.69) is 34.9 Å². The number of hydrazine groups is 1. The van der Waals surface area contributed by atoms with Gasteiger partial charge < -0.3 is 5.32 Å². The summed E-state index contributed by atoms with van der Waals surface area (Å²) < 4.78 is 0. The van der Waals surface area contributed by atoms with E-state index in [1.165, 1.54) is 5.56 Å². The van der Waals surface area contributed by atoms with E-state index in [0.717, 1.165) is 5.56 Å². The Morgan fingerprint density at radius 2 is 2.29 bits per heavy atom. The molecular formula is C10H14N3S+. The van der Waals surface area contributed by atoms with Crippen LogP contribution in [0.15, 0.2) is 24.3 Å². The molecule has 0 aliphatic heterocycles. The van der Waals surface area contributed by atoms with Crippen LogP contribution < -0.4 is 15.8 Å². The minimum atomic E-state index is 0.564. The largest absolute Gasteiger partial charge is 0.361 e. The third-order valence-corrected chi connectivity index (χ3v) is 2.00. The molecule has 0 aliphatic carbocycles. The molecule has 1 rings (SSSR count). The normalized spacial score (nSPS) is 10.1. The molecule has 14 heavy (non-hydrogen) atoms. The van der Waals surface area contributed by atoms with Crippen molar-refractivity contribution >= 4 is 23.5 Å². The summed E-state index contributed by atoms with van der Waals surface area (Å²) in [5.41, 5.74) is 5.16. The van der Waals surface area contributed by atoms with Crippen LogP contribution >= 0.6 is 12.2 Å². The maximum absolute atomic E-state index is 4.89. The third-order valence-electron chi connectivity index (χ3n) is 1.69. The predicted octanol–water partition coefficient (Wildman–Crippen LogP) is -0.497. The lowest BCUT2D eigenvalue weighted by molar-refractivity contribution is -0.500. The minimum Gasteiger partial charge on any atom is -0.361 e. The number of hydrogen-bond donors (Lipinski definition) is 3. The van der Waals surface area contributed by atoms with Gasteiger partial charge in [0.05, 0.1) is 0 Å². The monoisotopic (exact) mass is 208 g/mol. The van der Waals surface area contributed by atoms with Crippen LogP contribution in [0.1, 0.15) is 11.1 Å². The second-order valence-corrected chi connectivity index (χ2v) is 3.32. The summed E-state index contributed by atoms with van der Waals surface area (Å²) in [6.45, 7) is 2.06. The molecule has 3 N–H and O–H groups in total. The second kappa shape index (κ2) is 5.34. The fourth-order valence-corrected chi connectivity index (χ4v) is 1.07. The highest BCUT2D eigenvalue weighted by molar-refractivity contribution is 7.80. The van der Waals surface area contributed by atoms with Gasteiger partial charge in [-0.05, 0) is 31.3 Å². The highest BCUT2D eigenvalue weighted by Gasteiger charge is 1.93. The van der Waals surface area contributed by atoms with E-state index in [9.17, 15) is 0 Å². The van der Waals surface area contributed by atoms with Crippen LogP contribution in [0.3, 0.4) is 0 Å². The molecule has 0 aromatic heterocycles. The van der Waals surface area contributed by atoms with Crippen LogP contribution in [0.4, 0.5) is 0 Å². The zero-order valence-electron chi connectivity index (χ0n) is 8.29. The molecule has 0 fully saturated rings. The van der Waals surface area contributed by atoms with Crippen LogP contribution in [0, 0.1) is 6.92 Å². The van der Waals surface area contributed by atoms with Crippen molar-refractivity contribution in [1.29, 1.82) is 0 Å². The standard InChI is InChI=1S/C10H13N3S/c1-8-4-3-5-9(6-8)7-12-13-10(14)11-2/h3-7H,1-2H3,(H2,11,13,14)/p+1. The molecule has 0 atom stereocenters. The number of nitrogens with one attached hydrogen (secondary N) is 3. The van der Waals surface area contributed by atoms with Crippen LogP contribution in [-0.2, 0) is 0 Å². The topological polar surface area (TPSA) is 38.0 Å². The number of rotatable bonds is 2. The van der Waals surface area contributed by atoms with Crippen molar-refractivity contribution in [3.8, 4) is 0 Å². The molecule has 0 bridgehead atoms. The van der Waals surface area contributed by atoms with E-state index in [0.29, 0.717) is 5.11 Å². The van der Waals surface area contributed by atoms with Gasteiger partial charge in [-0.1, -0.05) is 17.7 Å². The highest BCUT2D eigenvalue weighted by Crippen LogP contribution is 1.99. The Kier molecular flexibility index (Phi) is 4.07. The van der Waals surface area contributed by atoms with E-state index < -0.39 is 0 Å². The summed E-state index contributed by atoms with van der Waals surface area (Å²) in [7, 11) is 1.77. The van der Waals surface area contributed by atoms with E-state index in [4.69, 9.17) is 12.2 Å². The number of hydrazone groups is 1. The Bertz CT molecular complexity index is 347. The van der Waals surface area contributed by atoms with Crippen molar-refractivity contribution in [3.05, 3.63) is 35.4 Å². The quantitative estimate of drug-likeness (QED) is 0.349. The van der Waals surface area contributed by atoms with Gasteiger partial charge in [0.2, 0.25) is 5.11 Å². The molecule has 0 saturated heterocycles. The van der Waals surface area contributed by atoms with Crippen LogP contribution in [0.5, 0.6) is 0 Å². The molecule has 0 radical (unpaired) electrons. The third kappa shape index (κ3) is 3.53. The highest BCUT2D eigenvalue weighted by atomic mass is 32.1. The maximum Gasteiger partial charge on any atom is 0.223 e. The Labute approximate surface area is 89.2 Å². The molecule has 4 heteroatoms. The van der Waals surface area contributed by atoms with Gasteiger partial charge in [0.1, 0.15) is 0 Å². The molecule has 1 aromatic rings. The van der Waals surface area contributed by atoms with Gasteiger partial charge in [0.15, 0.2) is 6.21 Å². The average molecular weight is 208 g/mol. The van der Waals surface area contributed by atoms with Gasteiger partial charge in [0, 0.05) is 12.6 Å². The van der Waals surface area contributed by atoms with E-state index in [1.807, 2.05) is 18.3 Å². The van der Waals surface area contributed by atoms with Crippen LogP contribution in [0.2, 0.25) is 0 Å². The van der Waals surface area contributed by atoms with E-state index in [1.54, 1.807) is 7.05 Å². The molecule has 0 amide bonds. The summed E-state index contributed by atoms with van der Waals surface area (Å²) >= 11 is 4.89. The average Bonchev–Trinajstić information content (AvgIpc) is 2.17. The first-order valence-corrected chi connectivity index (χ1v) is 4.76. The van der Waals surface area contributed by atoms with Crippen molar-refractivity contribution in [2.75, 3.05) is 7.05 Å². The van der Waals surface area contributed by atoms with Crippen molar-refractivity contribution < 1.29 is 5.10 Å². The molecular weight excluding hydrogens is 194 g/mol. The summed E-state index contributed by atoms with van der Waals surface area (Å²) in [6, 6.07) is 8.17. The maximum atomic E-state index is 4.89. The van der Waals surface area contributed by atoms with Crippen LogP contribution in [0.25, 0.3) is 0 Å². The Morgan fingerprint density at radius 3 is 2.93 bits per heavy atom. The summed E-state index contributed by atoms with van der Waals surface area (Å²) in [5, 5.41) is 6.27. The minimum absolute atomic E-state index is 0.564. The fourth-order valence-electron chi connectivity index (χ4n) is 1.01. The van der Waals surface area contributed by atoms with Crippen molar-refractivity contribution in [2.24, 2.45) is 0 Å². The number of benzene rings is 1. The molecule has 0 heterocycles. The predicted molar refractivity (Wildman–Crippen MR) is 62.1 cm³/mol. The lowest BCUT2D eigenvalue weighted by atomic mass is 10.2. The SMILES string of the molecule is CNC(=S)N[NH+]=Cc1cccc(C)c1. The summed E-state index contributed by atoms with van der Waals surface area (Å²) in [5.74, 6) is 0. The molecule has 0 saturated carbocycles. The lowest BCUT2D eigenvalue weighted by Gasteiger charge is -1.95. The van der Waals surface area contributed by atoms with Gasteiger partial charge in [-0.15, -0.1) is 10.5 Å². The van der Waals surface area contributed by atoms with Gasteiger partial charge in [0.25, 0.3) is 0 Å². The number of hydrogen-bond acceptors (Lipinski definition) is 1. The summed E-state index contributed by atoms with van der Waals surface area (Å²) in [4.78, 5) is 0. The van der Waals surface area contributed by atoms with Crippen molar-refractivity contribution in [2.45, 2.75) is 6.92 Å². The molecule has 1 aromatic carbocycles. The van der Waals surface area contributed by atoms with E-state index >= 15 is 0 Å². The smallest absolute Gasteiger partial charge is 0.223 e. The molecule has 3 nitrogen and oxygen atoms in total. The molecule has 0 aliphatic rings. The first kappa shape index (κ1) is 10.7. The molecule has 74 valence electrons. The van der Waals surface area contributed by atoms with Gasteiger partial charge in [-0.3, -0.25) is 0 Å². The Morgan fingerprint density at radius 1 is 1.50 bits per heavy atom. The number of thiocarbonyl (C=S) groups is 1. The summed E-state index contributed by atoms with van der Waals surface area (Å²) in [6.07, 6.45) is 1.86. The zero-order chi connectivity index (χ0) is 10.4. The second-order valence-electron chi connectivity index (χ2n) is 2.91. The van der Waals surface area contributed by atoms with Crippen molar-refractivity contribution in [1.82, 2.24) is 10.7 Å². The Balaban J connectivity index is 2.56. The van der Waals surface area contributed by atoms with E-state index in [-0.39, 0.29) is 0 Å². The van der Waals surface area contributed by atoms with Gasteiger partial charge >= 0.3 is 0 Å². The van der Waals surface area contributed by atoms with Gasteiger partial charge in [-0.2, -0.15) is 0 Å². The first-order chi connectivity index (χ1) is 6.72. The van der Waals surface area contributed by atoms with Crippen molar-refractivity contribution in [3.63, 3.8) is 0 Å². The lowest BCUT2D eigenvalue weighted by Crippen LogP contribution is -2.82. The molecule has 0 unspecified atom stereocenters. The van der Waals surface area contributed by atoms with Gasteiger partial charge in [-0.25, -0.2) is 0 Å². The number of aryl methyl sites for hydroxylation is 1.